The summed E-state index contributed by atoms with van der Waals surface area (Å²) in [6.45, 7) is 2.08. The topological polar surface area (TPSA) is 0 Å². The van der Waals surface area contributed by atoms with E-state index in [1.807, 2.05) is 6.08 Å². The van der Waals surface area contributed by atoms with Crippen molar-refractivity contribution in [3.05, 3.63) is 65.2 Å². The fourth-order valence-electron chi connectivity index (χ4n) is 3.84. The first-order valence-electron chi connectivity index (χ1n) is 10.0. The highest BCUT2D eigenvalue weighted by atomic mass is 19.3. The monoisotopic (exact) mass is 390 g/mol. The molecule has 0 radical (unpaired) electrons. The van der Waals surface area contributed by atoms with Gasteiger partial charge in [-0.1, -0.05) is 68.3 Å². The molecule has 1 aliphatic rings. The molecular formula is C24H26F4. The number of hydrogen-bond acceptors (Lipinski definition) is 0. The fourth-order valence-corrected chi connectivity index (χ4v) is 3.84. The molecule has 0 amide bonds. The summed E-state index contributed by atoms with van der Waals surface area (Å²) in [6.07, 6.45) is 7.41. The Labute approximate surface area is 164 Å². The van der Waals surface area contributed by atoms with Crippen LogP contribution in [0.25, 0.3) is 17.2 Å². The van der Waals surface area contributed by atoms with E-state index in [0.717, 1.165) is 31.2 Å². The normalized spacial score (nSPS) is 19.2. The number of allylic oxidation sites excluding steroid dienone is 1. The Hall–Kier alpha value is -2.10. The third-order valence-electron chi connectivity index (χ3n) is 5.47. The Kier molecular flexibility index (Phi) is 6.58. The molecule has 1 atom stereocenters. The molecule has 150 valence electrons. The van der Waals surface area contributed by atoms with Gasteiger partial charge in [-0.05, 0) is 36.3 Å². The molecule has 1 unspecified atom stereocenters. The Bertz CT molecular complexity index is 821. The predicted molar refractivity (Wildman–Crippen MR) is 107 cm³/mol. The van der Waals surface area contributed by atoms with E-state index < -0.39 is 17.6 Å². The van der Waals surface area contributed by atoms with E-state index >= 15 is 0 Å². The van der Waals surface area contributed by atoms with Gasteiger partial charge in [0.2, 0.25) is 5.92 Å². The van der Waals surface area contributed by atoms with Crippen LogP contribution in [-0.2, 0) is 0 Å². The van der Waals surface area contributed by atoms with Gasteiger partial charge in [0.25, 0.3) is 0 Å². The van der Waals surface area contributed by atoms with Crippen LogP contribution in [0.2, 0.25) is 0 Å². The van der Waals surface area contributed by atoms with Crippen molar-refractivity contribution >= 4 is 6.08 Å². The van der Waals surface area contributed by atoms with Crippen LogP contribution in [0.1, 0.15) is 68.9 Å². The van der Waals surface area contributed by atoms with Crippen LogP contribution >= 0.6 is 0 Å². The summed E-state index contributed by atoms with van der Waals surface area (Å²) in [6, 6.07) is 10.1. The van der Waals surface area contributed by atoms with Crippen molar-refractivity contribution in [1.82, 2.24) is 0 Å². The number of alkyl halides is 2. The highest BCUT2D eigenvalue weighted by Crippen LogP contribution is 2.42. The maximum Gasteiger partial charge on any atom is 0.248 e. The molecule has 28 heavy (non-hydrogen) atoms. The fraction of sp³-hybridized carbons (Fsp3) is 0.417. The van der Waals surface area contributed by atoms with E-state index in [-0.39, 0.29) is 29.9 Å². The average molecular weight is 390 g/mol. The minimum atomic E-state index is -2.61. The first-order chi connectivity index (χ1) is 13.4. The van der Waals surface area contributed by atoms with Crippen LogP contribution in [0.3, 0.4) is 0 Å². The van der Waals surface area contributed by atoms with E-state index in [4.69, 9.17) is 0 Å². The molecule has 2 aromatic carbocycles. The number of unbranched alkanes of at least 4 members (excludes halogenated alkanes) is 2. The minimum absolute atomic E-state index is 0.0503. The largest absolute Gasteiger partial charge is 0.248 e. The molecule has 1 fully saturated rings. The van der Waals surface area contributed by atoms with Gasteiger partial charge in [0.1, 0.15) is 0 Å². The lowest BCUT2D eigenvalue weighted by molar-refractivity contribution is -0.0408. The zero-order chi connectivity index (χ0) is 20.1. The molecule has 4 heteroatoms. The predicted octanol–water partition coefficient (Wildman–Crippen LogP) is 8.13. The molecule has 1 saturated carbocycles. The van der Waals surface area contributed by atoms with Gasteiger partial charge in [0.15, 0.2) is 11.6 Å². The molecule has 0 heterocycles. The van der Waals surface area contributed by atoms with Gasteiger partial charge in [-0.2, -0.15) is 0 Å². The molecule has 0 aromatic heterocycles. The second-order valence-electron chi connectivity index (χ2n) is 7.65. The van der Waals surface area contributed by atoms with Gasteiger partial charge in [0, 0.05) is 24.0 Å². The number of halogens is 4. The lowest BCUT2D eigenvalue weighted by atomic mass is 9.81. The average Bonchev–Trinajstić information content (AvgIpc) is 2.68. The van der Waals surface area contributed by atoms with Crippen molar-refractivity contribution in [2.75, 3.05) is 0 Å². The maximum atomic E-state index is 14.6. The lowest BCUT2D eigenvalue weighted by Gasteiger charge is -2.29. The SMILES string of the molecule is CCCC/C=C/c1ccc(-c2ccc(C3CCCC(F)(F)C3)cc2)c(F)c1F. The molecule has 0 aliphatic heterocycles. The third-order valence-corrected chi connectivity index (χ3v) is 5.47. The van der Waals surface area contributed by atoms with E-state index in [1.165, 1.54) is 0 Å². The summed E-state index contributed by atoms with van der Waals surface area (Å²) >= 11 is 0. The molecular weight excluding hydrogens is 364 g/mol. The van der Waals surface area contributed by atoms with Crippen molar-refractivity contribution < 1.29 is 17.6 Å². The van der Waals surface area contributed by atoms with Crippen LogP contribution in [0.4, 0.5) is 17.6 Å². The summed E-state index contributed by atoms with van der Waals surface area (Å²) in [4.78, 5) is 0. The summed E-state index contributed by atoms with van der Waals surface area (Å²) < 4.78 is 56.3. The molecule has 1 aliphatic carbocycles. The van der Waals surface area contributed by atoms with Crippen molar-refractivity contribution in [2.45, 2.75) is 63.7 Å². The third kappa shape index (κ3) is 4.84. The van der Waals surface area contributed by atoms with Gasteiger partial charge in [-0.3, -0.25) is 0 Å². The van der Waals surface area contributed by atoms with Crippen molar-refractivity contribution in [3.8, 4) is 11.1 Å². The Morgan fingerprint density at radius 2 is 1.79 bits per heavy atom. The van der Waals surface area contributed by atoms with Crippen LogP contribution < -0.4 is 0 Å². The molecule has 0 spiro atoms. The summed E-state index contributed by atoms with van der Waals surface area (Å²) in [5, 5.41) is 0. The molecule has 3 rings (SSSR count). The van der Waals surface area contributed by atoms with Gasteiger partial charge >= 0.3 is 0 Å². The number of rotatable bonds is 6. The summed E-state index contributed by atoms with van der Waals surface area (Å²) in [5.74, 6) is -4.54. The first-order valence-corrected chi connectivity index (χ1v) is 10.0. The van der Waals surface area contributed by atoms with E-state index in [9.17, 15) is 17.6 Å². The number of benzene rings is 2. The number of hydrogen-bond donors (Lipinski definition) is 0. The zero-order valence-electron chi connectivity index (χ0n) is 16.2. The van der Waals surface area contributed by atoms with E-state index in [1.54, 1.807) is 42.5 Å². The lowest BCUT2D eigenvalue weighted by Crippen LogP contribution is -2.24. The molecule has 0 nitrogen and oxygen atoms in total. The second-order valence-corrected chi connectivity index (χ2v) is 7.65. The van der Waals surface area contributed by atoms with Crippen LogP contribution in [0.15, 0.2) is 42.5 Å². The molecule has 0 bridgehead atoms. The quantitative estimate of drug-likeness (QED) is 0.345. The van der Waals surface area contributed by atoms with Crippen LogP contribution in [0.5, 0.6) is 0 Å². The zero-order valence-corrected chi connectivity index (χ0v) is 16.2. The van der Waals surface area contributed by atoms with E-state index in [2.05, 4.69) is 6.92 Å². The van der Waals surface area contributed by atoms with E-state index in [0.29, 0.717) is 12.0 Å². The summed E-state index contributed by atoms with van der Waals surface area (Å²) in [7, 11) is 0. The van der Waals surface area contributed by atoms with Gasteiger partial charge in [0.05, 0.1) is 0 Å². The Balaban J connectivity index is 1.78. The first kappa shape index (κ1) is 20.6. The molecule has 0 saturated heterocycles. The highest BCUT2D eigenvalue weighted by Gasteiger charge is 2.36. The van der Waals surface area contributed by atoms with Crippen molar-refractivity contribution in [2.24, 2.45) is 0 Å². The Morgan fingerprint density at radius 3 is 2.46 bits per heavy atom. The minimum Gasteiger partial charge on any atom is -0.207 e. The second kappa shape index (κ2) is 8.93. The molecule has 2 aromatic rings. The van der Waals surface area contributed by atoms with Crippen molar-refractivity contribution in [1.29, 1.82) is 0 Å². The van der Waals surface area contributed by atoms with Gasteiger partial charge in [-0.15, -0.1) is 0 Å². The van der Waals surface area contributed by atoms with Gasteiger partial charge in [-0.25, -0.2) is 17.6 Å². The van der Waals surface area contributed by atoms with Gasteiger partial charge < -0.3 is 0 Å². The standard InChI is InChI=1S/C24H26F4/c1-2-3-4-5-7-19-13-14-21(23(26)22(19)25)18-11-9-17(10-12-18)20-8-6-15-24(27,28)16-20/h5,7,9-14,20H,2-4,6,8,15-16H2,1H3/b7-5+. The Morgan fingerprint density at radius 1 is 1.04 bits per heavy atom. The maximum absolute atomic E-state index is 14.6. The van der Waals surface area contributed by atoms with Crippen molar-refractivity contribution in [3.63, 3.8) is 0 Å². The van der Waals surface area contributed by atoms with Crippen LogP contribution in [-0.4, -0.2) is 5.92 Å². The molecule has 0 N–H and O–H groups in total. The van der Waals surface area contributed by atoms with Crippen LogP contribution in [0, 0.1) is 11.6 Å². The summed E-state index contributed by atoms with van der Waals surface area (Å²) in [5.41, 5.74) is 1.80. The highest BCUT2D eigenvalue weighted by molar-refractivity contribution is 5.67. The smallest absolute Gasteiger partial charge is 0.207 e.